The Kier molecular flexibility index (Phi) is 3.99. The fourth-order valence-electron chi connectivity index (χ4n) is 1.84. The van der Waals surface area contributed by atoms with Gasteiger partial charge < -0.3 is 5.73 Å². The molecule has 0 aliphatic heterocycles. The third kappa shape index (κ3) is 3.30. The largest absolute Gasteiger partial charge is 0.399 e. The van der Waals surface area contributed by atoms with Gasteiger partial charge in [0.1, 0.15) is 0 Å². The minimum atomic E-state index is -3.40. The van der Waals surface area contributed by atoms with E-state index in [4.69, 9.17) is 5.73 Å². The number of hydrogen-bond acceptors (Lipinski definition) is 3. The SMILES string of the molecule is Cc1ccc(N(C)S(=O)(=O)Cc2ccc(N)cc2)cc1. The monoisotopic (exact) mass is 290 g/mol. The van der Waals surface area contributed by atoms with Crippen molar-refractivity contribution in [1.82, 2.24) is 0 Å². The lowest BCUT2D eigenvalue weighted by Crippen LogP contribution is -2.27. The van der Waals surface area contributed by atoms with Gasteiger partial charge in [0, 0.05) is 12.7 Å². The zero-order valence-electron chi connectivity index (χ0n) is 11.6. The Morgan fingerprint density at radius 2 is 1.55 bits per heavy atom. The van der Waals surface area contributed by atoms with Gasteiger partial charge in [0.25, 0.3) is 0 Å². The molecule has 2 aromatic rings. The van der Waals surface area contributed by atoms with E-state index in [-0.39, 0.29) is 5.75 Å². The maximum atomic E-state index is 12.4. The number of rotatable bonds is 4. The van der Waals surface area contributed by atoms with Gasteiger partial charge in [-0.15, -0.1) is 0 Å². The molecular formula is C15H18N2O2S. The van der Waals surface area contributed by atoms with Crippen LogP contribution in [0, 0.1) is 6.92 Å². The molecule has 0 unspecified atom stereocenters. The quantitative estimate of drug-likeness (QED) is 0.880. The van der Waals surface area contributed by atoms with Crippen LogP contribution in [-0.2, 0) is 15.8 Å². The number of nitrogens with zero attached hydrogens (tertiary/aromatic N) is 1. The van der Waals surface area contributed by atoms with E-state index in [1.54, 1.807) is 43.4 Å². The molecule has 0 saturated carbocycles. The molecule has 0 aliphatic rings. The van der Waals surface area contributed by atoms with Gasteiger partial charge in [0.2, 0.25) is 10.0 Å². The highest BCUT2D eigenvalue weighted by Crippen LogP contribution is 2.19. The van der Waals surface area contributed by atoms with E-state index in [2.05, 4.69) is 0 Å². The summed E-state index contributed by atoms with van der Waals surface area (Å²) in [7, 11) is -1.83. The third-order valence-corrected chi connectivity index (χ3v) is 4.89. The molecule has 0 atom stereocenters. The summed E-state index contributed by atoms with van der Waals surface area (Å²) in [5.41, 5.74) is 8.69. The Labute approximate surface area is 119 Å². The molecule has 0 bridgehead atoms. The molecule has 0 aliphatic carbocycles. The Hall–Kier alpha value is -2.01. The summed E-state index contributed by atoms with van der Waals surface area (Å²) in [6, 6.07) is 14.3. The van der Waals surface area contributed by atoms with E-state index >= 15 is 0 Å². The molecule has 0 fully saturated rings. The van der Waals surface area contributed by atoms with Crippen LogP contribution in [-0.4, -0.2) is 15.5 Å². The molecular weight excluding hydrogens is 272 g/mol. The van der Waals surface area contributed by atoms with E-state index < -0.39 is 10.0 Å². The first-order valence-corrected chi connectivity index (χ1v) is 7.87. The van der Waals surface area contributed by atoms with Crippen LogP contribution in [0.15, 0.2) is 48.5 Å². The molecule has 0 amide bonds. The van der Waals surface area contributed by atoms with Crippen molar-refractivity contribution in [1.29, 1.82) is 0 Å². The predicted molar refractivity (Wildman–Crippen MR) is 83.1 cm³/mol. The summed E-state index contributed by atoms with van der Waals surface area (Å²) < 4.78 is 26.0. The highest BCUT2D eigenvalue weighted by Gasteiger charge is 2.18. The van der Waals surface area contributed by atoms with Crippen LogP contribution in [0.4, 0.5) is 11.4 Å². The van der Waals surface area contributed by atoms with Crippen molar-refractivity contribution in [2.24, 2.45) is 0 Å². The van der Waals surface area contributed by atoms with Crippen LogP contribution in [0.3, 0.4) is 0 Å². The summed E-state index contributed by atoms with van der Waals surface area (Å²) >= 11 is 0. The number of nitrogen functional groups attached to an aromatic ring is 1. The second-order valence-corrected chi connectivity index (χ2v) is 6.80. The minimum Gasteiger partial charge on any atom is -0.399 e. The average molecular weight is 290 g/mol. The summed E-state index contributed by atoms with van der Waals surface area (Å²) in [6.45, 7) is 1.96. The van der Waals surface area contributed by atoms with E-state index in [1.165, 1.54) is 4.31 Å². The second kappa shape index (κ2) is 5.54. The zero-order chi connectivity index (χ0) is 14.8. The lowest BCUT2D eigenvalue weighted by Gasteiger charge is -2.19. The first-order valence-electron chi connectivity index (χ1n) is 6.26. The lowest BCUT2D eigenvalue weighted by molar-refractivity contribution is 0.593. The molecule has 2 N–H and O–H groups in total. The van der Waals surface area contributed by atoms with Gasteiger partial charge in [-0.25, -0.2) is 8.42 Å². The standard InChI is InChI=1S/C15H18N2O2S/c1-12-3-9-15(10-4-12)17(2)20(18,19)11-13-5-7-14(16)8-6-13/h3-10H,11,16H2,1-2H3. The summed E-state index contributed by atoms with van der Waals surface area (Å²) in [5, 5.41) is 0. The van der Waals surface area contributed by atoms with E-state index in [9.17, 15) is 8.42 Å². The molecule has 106 valence electrons. The first-order chi connectivity index (χ1) is 9.38. The fourth-order valence-corrected chi connectivity index (χ4v) is 3.09. The van der Waals surface area contributed by atoms with Crippen molar-refractivity contribution in [2.75, 3.05) is 17.1 Å². The number of hydrogen-bond donors (Lipinski definition) is 1. The zero-order valence-corrected chi connectivity index (χ0v) is 12.4. The molecule has 5 heteroatoms. The molecule has 2 rings (SSSR count). The van der Waals surface area contributed by atoms with Crippen LogP contribution < -0.4 is 10.0 Å². The van der Waals surface area contributed by atoms with Gasteiger partial charge in [-0.2, -0.15) is 0 Å². The highest BCUT2D eigenvalue weighted by atomic mass is 32.2. The Balaban J connectivity index is 2.21. The van der Waals surface area contributed by atoms with Crippen LogP contribution in [0.5, 0.6) is 0 Å². The van der Waals surface area contributed by atoms with Gasteiger partial charge in [-0.05, 0) is 36.8 Å². The van der Waals surface area contributed by atoms with Crippen LogP contribution in [0.1, 0.15) is 11.1 Å². The first kappa shape index (κ1) is 14.4. The molecule has 0 heterocycles. The number of sulfonamides is 1. The average Bonchev–Trinajstić information content (AvgIpc) is 2.41. The molecule has 0 spiro atoms. The van der Waals surface area contributed by atoms with Gasteiger partial charge in [-0.1, -0.05) is 29.8 Å². The van der Waals surface area contributed by atoms with Gasteiger partial charge >= 0.3 is 0 Å². The summed E-state index contributed by atoms with van der Waals surface area (Å²) in [6.07, 6.45) is 0. The number of nitrogens with two attached hydrogens (primary N) is 1. The molecule has 0 aromatic heterocycles. The van der Waals surface area contributed by atoms with Crippen molar-refractivity contribution in [3.63, 3.8) is 0 Å². The molecule has 4 nitrogen and oxygen atoms in total. The van der Waals surface area contributed by atoms with Crippen molar-refractivity contribution in [3.05, 3.63) is 59.7 Å². The van der Waals surface area contributed by atoms with E-state index in [0.717, 1.165) is 11.1 Å². The topological polar surface area (TPSA) is 63.4 Å². The van der Waals surface area contributed by atoms with Gasteiger partial charge in [0.05, 0.1) is 11.4 Å². The molecule has 0 saturated heterocycles. The van der Waals surface area contributed by atoms with Gasteiger partial charge in [-0.3, -0.25) is 4.31 Å². The van der Waals surface area contributed by atoms with Crippen LogP contribution >= 0.6 is 0 Å². The summed E-state index contributed by atoms with van der Waals surface area (Å²) in [4.78, 5) is 0. The van der Waals surface area contributed by atoms with E-state index in [1.807, 2.05) is 19.1 Å². The summed E-state index contributed by atoms with van der Waals surface area (Å²) in [5.74, 6) is -0.0440. The van der Waals surface area contributed by atoms with Crippen molar-refractivity contribution >= 4 is 21.4 Å². The van der Waals surface area contributed by atoms with E-state index in [0.29, 0.717) is 11.4 Å². The minimum absolute atomic E-state index is 0.0440. The smallest absolute Gasteiger partial charge is 0.239 e. The molecule has 2 aromatic carbocycles. The number of benzene rings is 2. The third-order valence-electron chi connectivity index (χ3n) is 3.14. The van der Waals surface area contributed by atoms with Gasteiger partial charge in [0.15, 0.2) is 0 Å². The maximum absolute atomic E-state index is 12.4. The second-order valence-electron chi connectivity index (χ2n) is 4.80. The van der Waals surface area contributed by atoms with Crippen molar-refractivity contribution in [3.8, 4) is 0 Å². The van der Waals surface area contributed by atoms with Crippen molar-refractivity contribution in [2.45, 2.75) is 12.7 Å². The Morgan fingerprint density at radius 3 is 2.10 bits per heavy atom. The molecule has 0 radical (unpaired) electrons. The van der Waals surface area contributed by atoms with Crippen LogP contribution in [0.25, 0.3) is 0 Å². The number of anilines is 2. The normalized spacial score (nSPS) is 11.3. The van der Waals surface area contributed by atoms with Crippen molar-refractivity contribution < 1.29 is 8.42 Å². The number of aryl methyl sites for hydroxylation is 1. The Bertz CT molecular complexity index is 677. The predicted octanol–water partition coefficient (Wildman–Crippen LogP) is 2.54. The Morgan fingerprint density at radius 1 is 1.00 bits per heavy atom. The fraction of sp³-hybridized carbons (Fsp3) is 0.200. The highest BCUT2D eigenvalue weighted by molar-refractivity contribution is 7.92. The lowest BCUT2D eigenvalue weighted by atomic mass is 10.2. The molecule has 20 heavy (non-hydrogen) atoms. The maximum Gasteiger partial charge on any atom is 0.239 e. The van der Waals surface area contributed by atoms with Crippen LogP contribution in [0.2, 0.25) is 0 Å².